The molecule has 1 atom stereocenters. The fourth-order valence-electron chi connectivity index (χ4n) is 4.15. The minimum absolute atomic E-state index is 0.447. The Morgan fingerprint density at radius 1 is 1.10 bits per heavy atom. The van der Waals surface area contributed by atoms with E-state index in [2.05, 4.69) is 44.5 Å². The van der Waals surface area contributed by atoms with Gasteiger partial charge in [0.15, 0.2) is 5.65 Å². The summed E-state index contributed by atoms with van der Waals surface area (Å²) in [6.45, 7) is 2.95. The van der Waals surface area contributed by atoms with Gasteiger partial charge in [0.2, 0.25) is 0 Å². The van der Waals surface area contributed by atoms with Crippen LogP contribution in [0, 0.1) is 0 Å². The number of benzene rings is 1. The molecule has 0 amide bonds. The first-order valence-corrected chi connectivity index (χ1v) is 10.6. The number of β-amino-alcohol motifs (C(OH)–C–C–N with tert-alkyl or cyclic N) is 1. The Kier molecular flexibility index (Phi) is 5.36. The maximum atomic E-state index is 10.6. The summed E-state index contributed by atoms with van der Waals surface area (Å²) in [7, 11) is 1.94. The van der Waals surface area contributed by atoms with E-state index in [0.29, 0.717) is 13.1 Å². The highest BCUT2D eigenvalue weighted by Crippen LogP contribution is 2.22. The fraction of sp³-hybridized carbons (Fsp3) is 0.292. The number of nitrogens with zero attached hydrogens (tertiary/aromatic N) is 5. The number of fused-ring (bicyclic) bond motifs is 2. The number of anilines is 1. The summed E-state index contributed by atoms with van der Waals surface area (Å²) < 4.78 is 1.91. The molecule has 3 aromatic heterocycles. The Hall–Kier alpha value is -3.29. The Labute approximate surface area is 181 Å². The summed E-state index contributed by atoms with van der Waals surface area (Å²) in [5.41, 5.74) is 6.35. The molecule has 0 saturated heterocycles. The summed E-state index contributed by atoms with van der Waals surface area (Å²) in [6, 6.07) is 16.4. The molecule has 7 heteroatoms. The Bertz CT molecular complexity index is 1200. The van der Waals surface area contributed by atoms with Gasteiger partial charge >= 0.3 is 0 Å². The number of rotatable bonds is 6. The summed E-state index contributed by atoms with van der Waals surface area (Å²) >= 11 is 0. The lowest BCUT2D eigenvalue weighted by Crippen LogP contribution is -2.39. The molecule has 1 aliphatic rings. The highest BCUT2D eigenvalue weighted by atomic mass is 16.3. The van der Waals surface area contributed by atoms with Crippen LogP contribution in [0.15, 0.2) is 61.1 Å². The molecule has 4 aromatic rings. The maximum absolute atomic E-state index is 10.6. The van der Waals surface area contributed by atoms with E-state index in [1.54, 1.807) is 12.5 Å². The molecule has 1 aliphatic heterocycles. The van der Waals surface area contributed by atoms with Crippen molar-refractivity contribution in [2.45, 2.75) is 19.1 Å². The van der Waals surface area contributed by atoms with Crippen LogP contribution < -0.4 is 5.32 Å². The number of pyridine rings is 2. The monoisotopic (exact) mass is 414 g/mol. The van der Waals surface area contributed by atoms with Crippen LogP contribution in [0.4, 0.5) is 5.82 Å². The fourth-order valence-corrected chi connectivity index (χ4v) is 4.15. The number of hydrogen-bond acceptors (Lipinski definition) is 6. The van der Waals surface area contributed by atoms with Crippen LogP contribution in [-0.2, 0) is 20.0 Å². The second-order valence-electron chi connectivity index (χ2n) is 8.11. The molecule has 2 N–H and O–H groups in total. The van der Waals surface area contributed by atoms with E-state index in [9.17, 15) is 5.11 Å². The van der Waals surface area contributed by atoms with Gasteiger partial charge in [-0.05, 0) is 41.8 Å². The number of hydrogen-bond donors (Lipinski definition) is 2. The topological polar surface area (TPSA) is 79.1 Å². The van der Waals surface area contributed by atoms with Crippen LogP contribution in [0.25, 0.3) is 22.4 Å². The minimum atomic E-state index is -0.473. The van der Waals surface area contributed by atoms with Gasteiger partial charge < -0.3 is 15.0 Å². The average molecular weight is 415 g/mol. The molecule has 158 valence electrons. The van der Waals surface area contributed by atoms with E-state index in [4.69, 9.17) is 4.98 Å². The third kappa shape index (κ3) is 4.28. The van der Waals surface area contributed by atoms with E-state index in [1.165, 1.54) is 11.1 Å². The highest BCUT2D eigenvalue weighted by molar-refractivity contribution is 5.75. The number of aromatic nitrogens is 4. The third-order valence-corrected chi connectivity index (χ3v) is 5.81. The third-order valence-electron chi connectivity index (χ3n) is 5.81. The number of aryl methyl sites for hydroxylation is 1. The molecule has 0 aliphatic carbocycles. The van der Waals surface area contributed by atoms with Crippen molar-refractivity contribution in [3.8, 4) is 11.3 Å². The molecular weight excluding hydrogens is 388 g/mol. The van der Waals surface area contributed by atoms with Gasteiger partial charge in [-0.15, -0.1) is 0 Å². The lowest BCUT2D eigenvalue weighted by Gasteiger charge is -2.30. The second-order valence-corrected chi connectivity index (χ2v) is 8.11. The Balaban J connectivity index is 1.21. The molecule has 5 rings (SSSR count). The van der Waals surface area contributed by atoms with Crippen LogP contribution in [0.5, 0.6) is 0 Å². The van der Waals surface area contributed by atoms with Crippen LogP contribution in [0.2, 0.25) is 0 Å². The van der Waals surface area contributed by atoms with Gasteiger partial charge in [0, 0.05) is 45.0 Å². The summed E-state index contributed by atoms with van der Waals surface area (Å²) in [5, 5.41) is 13.8. The number of aliphatic hydroxyl groups is 1. The molecule has 1 unspecified atom stereocenters. The summed E-state index contributed by atoms with van der Waals surface area (Å²) in [6.07, 6.45) is 4.09. The Morgan fingerprint density at radius 2 is 1.97 bits per heavy atom. The van der Waals surface area contributed by atoms with Crippen molar-refractivity contribution in [1.29, 1.82) is 0 Å². The van der Waals surface area contributed by atoms with Gasteiger partial charge in [0.25, 0.3) is 0 Å². The van der Waals surface area contributed by atoms with Crippen molar-refractivity contribution in [1.82, 2.24) is 24.4 Å². The van der Waals surface area contributed by atoms with Gasteiger partial charge in [-0.1, -0.05) is 24.3 Å². The molecule has 1 aromatic carbocycles. The molecular formula is C24H26N6O. The summed E-state index contributed by atoms with van der Waals surface area (Å²) in [4.78, 5) is 15.8. The zero-order valence-corrected chi connectivity index (χ0v) is 17.6. The molecule has 0 spiro atoms. The molecule has 7 nitrogen and oxygen atoms in total. The first-order chi connectivity index (χ1) is 15.2. The van der Waals surface area contributed by atoms with Crippen molar-refractivity contribution in [3.05, 3.63) is 72.2 Å². The molecule has 0 fully saturated rings. The lowest BCUT2D eigenvalue weighted by atomic mass is 10.00. The van der Waals surface area contributed by atoms with Gasteiger partial charge in [-0.2, -0.15) is 0 Å². The predicted octanol–water partition coefficient (Wildman–Crippen LogP) is 2.86. The quantitative estimate of drug-likeness (QED) is 0.505. The Morgan fingerprint density at radius 3 is 2.87 bits per heavy atom. The van der Waals surface area contributed by atoms with Crippen molar-refractivity contribution in [3.63, 3.8) is 0 Å². The molecule has 31 heavy (non-hydrogen) atoms. The number of imidazole rings is 1. The molecule has 0 radical (unpaired) electrons. The second kappa shape index (κ2) is 8.45. The first kappa shape index (κ1) is 19.7. The van der Waals surface area contributed by atoms with Crippen molar-refractivity contribution in [2.24, 2.45) is 7.05 Å². The van der Waals surface area contributed by atoms with E-state index in [0.717, 1.165) is 47.7 Å². The van der Waals surface area contributed by atoms with E-state index in [1.807, 2.05) is 35.9 Å². The molecule has 4 heterocycles. The van der Waals surface area contributed by atoms with E-state index in [-0.39, 0.29) is 0 Å². The van der Waals surface area contributed by atoms with Gasteiger partial charge in [-0.3, -0.25) is 4.90 Å². The average Bonchev–Trinajstić information content (AvgIpc) is 3.18. The van der Waals surface area contributed by atoms with Gasteiger partial charge in [-0.25, -0.2) is 15.0 Å². The highest BCUT2D eigenvalue weighted by Gasteiger charge is 2.18. The van der Waals surface area contributed by atoms with E-state index < -0.39 is 6.10 Å². The zero-order chi connectivity index (χ0) is 21.2. The van der Waals surface area contributed by atoms with Crippen LogP contribution in [0.1, 0.15) is 11.1 Å². The predicted molar refractivity (Wildman–Crippen MR) is 122 cm³/mol. The van der Waals surface area contributed by atoms with Crippen LogP contribution in [-0.4, -0.2) is 55.3 Å². The first-order valence-electron chi connectivity index (χ1n) is 10.6. The van der Waals surface area contributed by atoms with Gasteiger partial charge in [0.05, 0.1) is 18.1 Å². The lowest BCUT2D eigenvalue weighted by molar-refractivity contribution is 0.114. The maximum Gasteiger partial charge on any atom is 0.160 e. The van der Waals surface area contributed by atoms with Crippen molar-refractivity contribution >= 4 is 17.0 Å². The number of nitrogens with one attached hydrogen (secondary N) is 1. The SMILES string of the molecule is Cn1cnc2ccc(-c3ccnc(NCC(O)CN4CCc5ccccc5C4)c3)nc21. The number of aliphatic hydroxyl groups excluding tert-OH is 1. The van der Waals surface area contributed by atoms with Crippen molar-refractivity contribution in [2.75, 3.05) is 25.0 Å². The largest absolute Gasteiger partial charge is 0.390 e. The molecule has 0 saturated carbocycles. The van der Waals surface area contributed by atoms with Crippen molar-refractivity contribution < 1.29 is 5.11 Å². The smallest absolute Gasteiger partial charge is 0.160 e. The summed E-state index contributed by atoms with van der Waals surface area (Å²) in [5.74, 6) is 0.729. The van der Waals surface area contributed by atoms with Crippen LogP contribution >= 0.6 is 0 Å². The normalized spacial score (nSPS) is 15.0. The molecule has 0 bridgehead atoms. The standard InChI is InChI=1S/C24H26N6O/c1-29-16-27-22-7-6-21(28-24(22)29)18-8-10-25-23(12-18)26-13-20(31)15-30-11-9-17-4-2-3-5-19(17)14-30/h2-8,10,12,16,20,31H,9,11,13-15H2,1H3,(H,25,26). The van der Waals surface area contributed by atoms with Gasteiger partial charge in [0.1, 0.15) is 11.3 Å². The minimum Gasteiger partial charge on any atom is -0.390 e. The van der Waals surface area contributed by atoms with E-state index >= 15 is 0 Å². The zero-order valence-electron chi connectivity index (χ0n) is 17.6. The van der Waals surface area contributed by atoms with Crippen LogP contribution in [0.3, 0.4) is 0 Å².